The van der Waals surface area contributed by atoms with Crippen LogP contribution in [0, 0.1) is 0 Å². The van der Waals surface area contributed by atoms with E-state index in [0.29, 0.717) is 5.02 Å². The maximum Gasteiger partial charge on any atom is 0.214 e. The molecule has 0 N–H and O–H groups in total. The Labute approximate surface area is 116 Å². The molecule has 0 aliphatic carbocycles. The summed E-state index contributed by atoms with van der Waals surface area (Å²) in [4.78, 5) is 13.2. The summed E-state index contributed by atoms with van der Waals surface area (Å²) in [6.45, 7) is 0. The molecule has 0 aromatic heterocycles. The lowest BCUT2D eigenvalue weighted by Gasteiger charge is -2.31. The van der Waals surface area contributed by atoms with E-state index in [2.05, 4.69) is 0 Å². The zero-order valence-corrected chi connectivity index (χ0v) is 10.9. The van der Waals surface area contributed by atoms with Crippen molar-refractivity contribution in [2.75, 3.05) is 4.90 Å². The van der Waals surface area contributed by atoms with Crippen molar-refractivity contribution in [1.29, 1.82) is 0 Å². The van der Waals surface area contributed by atoms with Crippen molar-refractivity contribution < 1.29 is 4.79 Å². The second kappa shape index (κ2) is 4.90. The number of para-hydroxylation sites is 1. The molecule has 0 radical (unpaired) electrons. The number of rotatable bonds is 2. The number of halogens is 1. The largest absolute Gasteiger partial charge is 0.303 e. The third kappa shape index (κ3) is 2.15. The van der Waals surface area contributed by atoms with Crippen LogP contribution in [0.15, 0.2) is 54.6 Å². The topological polar surface area (TPSA) is 20.3 Å². The average molecular weight is 270 g/mol. The summed E-state index contributed by atoms with van der Waals surface area (Å²) in [5, 5.41) is 0.676. The molecule has 3 rings (SSSR count). The van der Waals surface area contributed by atoms with Crippen molar-refractivity contribution in [3.05, 3.63) is 70.8 Å². The number of nitrogens with zero attached hydrogens (tertiary/aromatic N) is 1. The van der Waals surface area contributed by atoms with Crippen LogP contribution in [-0.2, 0) is 4.79 Å². The predicted molar refractivity (Wildman–Crippen MR) is 78.2 cm³/mol. The smallest absolute Gasteiger partial charge is 0.214 e. The molecule has 1 aliphatic heterocycles. The molecular formula is C16H12ClNO. The van der Waals surface area contributed by atoms with Gasteiger partial charge in [-0.15, -0.1) is 0 Å². The van der Waals surface area contributed by atoms with Gasteiger partial charge in [0.25, 0.3) is 0 Å². The lowest BCUT2D eigenvalue weighted by molar-refractivity contribution is -0.107. The third-order valence-electron chi connectivity index (χ3n) is 3.28. The first kappa shape index (κ1) is 12.0. The number of benzene rings is 2. The lowest BCUT2D eigenvalue weighted by atomic mass is 9.98. The Kier molecular flexibility index (Phi) is 3.10. The highest BCUT2D eigenvalue weighted by Crippen LogP contribution is 2.35. The van der Waals surface area contributed by atoms with Gasteiger partial charge in [0.1, 0.15) is 0 Å². The molecule has 1 amide bonds. The van der Waals surface area contributed by atoms with Gasteiger partial charge >= 0.3 is 0 Å². The molecule has 2 aromatic rings. The van der Waals surface area contributed by atoms with E-state index >= 15 is 0 Å². The molecule has 1 unspecified atom stereocenters. The standard InChI is InChI=1S/C16H12ClNO/c17-14-6-3-5-13(10-14)16-9-8-12-4-1-2-7-15(12)18(16)11-19/h1-11,16H. The van der Waals surface area contributed by atoms with Gasteiger partial charge in [-0.2, -0.15) is 0 Å². The third-order valence-corrected chi connectivity index (χ3v) is 3.51. The minimum absolute atomic E-state index is 0.105. The van der Waals surface area contributed by atoms with E-state index < -0.39 is 0 Å². The zero-order chi connectivity index (χ0) is 13.2. The van der Waals surface area contributed by atoms with E-state index in [4.69, 9.17) is 11.6 Å². The number of hydrogen-bond acceptors (Lipinski definition) is 1. The minimum Gasteiger partial charge on any atom is -0.303 e. The van der Waals surface area contributed by atoms with Crippen LogP contribution < -0.4 is 4.90 Å². The number of fused-ring (bicyclic) bond motifs is 1. The highest BCUT2D eigenvalue weighted by atomic mass is 35.5. The van der Waals surface area contributed by atoms with Gasteiger partial charge in [-0.05, 0) is 29.3 Å². The van der Waals surface area contributed by atoms with E-state index in [1.165, 1.54) is 0 Å². The Bertz CT molecular complexity index is 651. The van der Waals surface area contributed by atoms with Crippen LogP contribution in [0.5, 0.6) is 0 Å². The van der Waals surface area contributed by atoms with Crippen LogP contribution >= 0.6 is 11.6 Å². The number of anilines is 1. The predicted octanol–water partition coefficient (Wildman–Crippen LogP) is 4.07. The van der Waals surface area contributed by atoms with Gasteiger partial charge in [0.2, 0.25) is 6.41 Å². The van der Waals surface area contributed by atoms with Crippen molar-refractivity contribution in [3.8, 4) is 0 Å². The average Bonchev–Trinajstić information content (AvgIpc) is 2.46. The number of carbonyl (C=O) groups excluding carboxylic acids is 1. The van der Waals surface area contributed by atoms with Crippen LogP contribution in [-0.4, -0.2) is 6.41 Å². The molecule has 0 spiro atoms. The Morgan fingerprint density at radius 2 is 1.95 bits per heavy atom. The molecule has 1 atom stereocenters. The summed E-state index contributed by atoms with van der Waals surface area (Å²) in [6, 6.07) is 15.3. The van der Waals surface area contributed by atoms with Gasteiger partial charge < -0.3 is 4.90 Å². The summed E-state index contributed by atoms with van der Waals surface area (Å²) in [7, 11) is 0. The van der Waals surface area contributed by atoms with Crippen molar-refractivity contribution in [1.82, 2.24) is 0 Å². The van der Waals surface area contributed by atoms with E-state index in [9.17, 15) is 4.79 Å². The lowest BCUT2D eigenvalue weighted by Crippen LogP contribution is -2.28. The summed E-state index contributed by atoms with van der Waals surface area (Å²) in [5.41, 5.74) is 2.98. The van der Waals surface area contributed by atoms with Crippen molar-refractivity contribution in [2.45, 2.75) is 6.04 Å². The highest BCUT2D eigenvalue weighted by molar-refractivity contribution is 6.30. The normalized spacial score (nSPS) is 17.1. The van der Waals surface area contributed by atoms with Gasteiger partial charge in [-0.1, -0.05) is 54.1 Å². The molecule has 1 heterocycles. The molecule has 2 nitrogen and oxygen atoms in total. The molecular weight excluding hydrogens is 258 g/mol. The fraction of sp³-hybridized carbons (Fsp3) is 0.0625. The molecule has 0 fully saturated rings. The second-order valence-corrected chi connectivity index (χ2v) is 4.87. The second-order valence-electron chi connectivity index (χ2n) is 4.43. The van der Waals surface area contributed by atoms with Crippen LogP contribution in [0.2, 0.25) is 5.02 Å². The monoisotopic (exact) mass is 269 g/mol. The highest BCUT2D eigenvalue weighted by Gasteiger charge is 2.23. The molecule has 0 bridgehead atoms. The Hall–Kier alpha value is -2.06. The van der Waals surface area contributed by atoms with Crippen LogP contribution in [0.25, 0.3) is 6.08 Å². The summed E-state index contributed by atoms with van der Waals surface area (Å²) >= 11 is 6.02. The fourth-order valence-electron chi connectivity index (χ4n) is 2.39. The fourth-order valence-corrected chi connectivity index (χ4v) is 2.58. The number of hydrogen-bond donors (Lipinski definition) is 0. The van der Waals surface area contributed by atoms with Gasteiger partial charge in [-0.3, -0.25) is 4.79 Å². The number of amides is 1. The molecule has 3 heteroatoms. The SMILES string of the molecule is O=CN1c2ccccc2C=CC1c1cccc(Cl)c1. The maximum atomic E-state index is 11.5. The molecule has 94 valence electrons. The van der Waals surface area contributed by atoms with Crippen LogP contribution in [0.4, 0.5) is 5.69 Å². The molecule has 0 saturated carbocycles. The molecule has 0 saturated heterocycles. The van der Waals surface area contributed by atoms with Gasteiger partial charge in [0.05, 0.1) is 11.7 Å². The molecule has 1 aliphatic rings. The van der Waals surface area contributed by atoms with Gasteiger partial charge in [-0.25, -0.2) is 0 Å². The quantitative estimate of drug-likeness (QED) is 0.753. The van der Waals surface area contributed by atoms with Crippen molar-refractivity contribution >= 4 is 29.8 Å². The van der Waals surface area contributed by atoms with Gasteiger partial charge in [0.15, 0.2) is 0 Å². The Balaban J connectivity index is 2.08. The number of carbonyl (C=O) groups is 1. The first-order valence-electron chi connectivity index (χ1n) is 6.06. The summed E-state index contributed by atoms with van der Waals surface area (Å²) < 4.78 is 0. The Morgan fingerprint density at radius 1 is 1.11 bits per heavy atom. The van der Waals surface area contributed by atoms with Crippen molar-refractivity contribution in [2.24, 2.45) is 0 Å². The molecule has 2 aromatic carbocycles. The summed E-state index contributed by atoms with van der Waals surface area (Å²) in [6.07, 6.45) is 4.93. The van der Waals surface area contributed by atoms with Crippen LogP contribution in [0.3, 0.4) is 0 Å². The minimum atomic E-state index is -0.105. The van der Waals surface area contributed by atoms with E-state index in [0.717, 1.165) is 23.2 Å². The van der Waals surface area contributed by atoms with Crippen LogP contribution in [0.1, 0.15) is 17.2 Å². The van der Waals surface area contributed by atoms with E-state index in [1.807, 2.05) is 60.7 Å². The van der Waals surface area contributed by atoms with E-state index in [-0.39, 0.29) is 6.04 Å². The maximum absolute atomic E-state index is 11.5. The first-order chi connectivity index (χ1) is 9.29. The van der Waals surface area contributed by atoms with Gasteiger partial charge in [0, 0.05) is 5.02 Å². The summed E-state index contributed by atoms with van der Waals surface area (Å²) in [5.74, 6) is 0. The zero-order valence-electron chi connectivity index (χ0n) is 10.2. The first-order valence-corrected chi connectivity index (χ1v) is 6.44. The Morgan fingerprint density at radius 3 is 2.74 bits per heavy atom. The molecule has 19 heavy (non-hydrogen) atoms. The van der Waals surface area contributed by atoms with Crippen molar-refractivity contribution in [3.63, 3.8) is 0 Å². The van der Waals surface area contributed by atoms with E-state index in [1.54, 1.807) is 4.90 Å².